The van der Waals surface area contributed by atoms with Crippen molar-refractivity contribution in [2.75, 3.05) is 0 Å². The van der Waals surface area contributed by atoms with Gasteiger partial charge in [0.1, 0.15) is 5.82 Å². The third kappa shape index (κ3) is 6.35. The normalized spacial score (nSPS) is 12.2. The highest BCUT2D eigenvalue weighted by Gasteiger charge is 2.35. The molecule has 0 saturated heterocycles. The SMILES string of the molecule is O=C(O)C[C@H](CCc1ncc(F)cn1)NC(=O)c1cc(-c2ccccc2C(F)(F)F)n(-c2ccccn2)n1. The number of carboxylic acids is 1. The van der Waals surface area contributed by atoms with Crippen molar-refractivity contribution in [2.45, 2.75) is 31.5 Å². The Kier molecular flexibility index (Phi) is 7.74. The Balaban J connectivity index is 1.66. The number of alkyl halides is 3. The number of carboxylic acid groups (broad SMARTS) is 1. The van der Waals surface area contributed by atoms with E-state index in [0.29, 0.717) is 0 Å². The number of benzene rings is 1. The molecule has 1 amide bonds. The number of aryl methyl sites for hydroxylation is 1. The number of halogens is 4. The van der Waals surface area contributed by atoms with Crippen molar-refractivity contribution < 1.29 is 32.3 Å². The molecule has 0 aliphatic heterocycles. The molecule has 0 unspecified atom stereocenters. The minimum atomic E-state index is -4.67. The Morgan fingerprint density at radius 3 is 2.39 bits per heavy atom. The summed E-state index contributed by atoms with van der Waals surface area (Å²) in [5, 5.41) is 16.1. The summed E-state index contributed by atoms with van der Waals surface area (Å²) in [4.78, 5) is 36.2. The molecule has 0 saturated carbocycles. The van der Waals surface area contributed by atoms with Crippen LogP contribution in [0.2, 0.25) is 0 Å². The molecule has 13 heteroatoms. The topological polar surface area (TPSA) is 123 Å². The fraction of sp³-hybridized carbons (Fsp3) is 0.200. The second-order valence-corrected chi connectivity index (χ2v) is 8.18. The van der Waals surface area contributed by atoms with Gasteiger partial charge in [-0.3, -0.25) is 9.59 Å². The van der Waals surface area contributed by atoms with Crippen molar-refractivity contribution in [3.8, 4) is 17.1 Å². The Morgan fingerprint density at radius 1 is 1.03 bits per heavy atom. The van der Waals surface area contributed by atoms with E-state index in [0.717, 1.165) is 23.1 Å². The third-order valence-electron chi connectivity index (χ3n) is 5.46. The number of nitrogens with one attached hydrogen (secondary N) is 1. The van der Waals surface area contributed by atoms with Crippen molar-refractivity contribution in [1.29, 1.82) is 0 Å². The van der Waals surface area contributed by atoms with E-state index in [9.17, 15) is 32.3 Å². The zero-order valence-electron chi connectivity index (χ0n) is 19.6. The second-order valence-electron chi connectivity index (χ2n) is 8.18. The summed E-state index contributed by atoms with van der Waals surface area (Å²) >= 11 is 0. The lowest BCUT2D eigenvalue weighted by Gasteiger charge is -2.15. The Hall–Kier alpha value is -4.68. The van der Waals surface area contributed by atoms with Crippen LogP contribution >= 0.6 is 0 Å². The van der Waals surface area contributed by atoms with Crippen LogP contribution in [0.15, 0.2) is 67.1 Å². The number of aliphatic carboxylic acids is 1. The molecular formula is C25H20F4N6O3. The average molecular weight is 528 g/mol. The van der Waals surface area contributed by atoms with E-state index in [4.69, 9.17) is 0 Å². The lowest BCUT2D eigenvalue weighted by Crippen LogP contribution is -2.37. The summed E-state index contributed by atoms with van der Waals surface area (Å²) in [6.07, 6.45) is -1.50. The van der Waals surface area contributed by atoms with Crippen LogP contribution in [0.4, 0.5) is 17.6 Å². The highest BCUT2D eigenvalue weighted by molar-refractivity contribution is 5.94. The maximum Gasteiger partial charge on any atom is 0.417 e. The van der Waals surface area contributed by atoms with E-state index < -0.39 is 41.9 Å². The maximum atomic E-state index is 13.8. The monoisotopic (exact) mass is 528 g/mol. The number of aromatic nitrogens is 5. The summed E-state index contributed by atoms with van der Waals surface area (Å²) < 4.78 is 55.5. The van der Waals surface area contributed by atoms with Crippen LogP contribution in [0, 0.1) is 5.82 Å². The highest BCUT2D eigenvalue weighted by Crippen LogP contribution is 2.37. The van der Waals surface area contributed by atoms with Crippen molar-refractivity contribution in [2.24, 2.45) is 0 Å². The van der Waals surface area contributed by atoms with Crippen LogP contribution in [-0.2, 0) is 17.4 Å². The quantitative estimate of drug-likeness (QED) is 0.314. The summed E-state index contributed by atoms with van der Waals surface area (Å²) in [5.41, 5.74) is -1.41. The molecule has 1 aromatic carbocycles. The Bertz CT molecular complexity index is 1430. The van der Waals surface area contributed by atoms with Crippen molar-refractivity contribution in [3.05, 3.63) is 90.0 Å². The first kappa shape index (κ1) is 26.4. The molecule has 0 fully saturated rings. The number of carbonyl (C=O) groups excluding carboxylic acids is 1. The maximum absolute atomic E-state index is 13.8. The van der Waals surface area contributed by atoms with Crippen molar-refractivity contribution in [3.63, 3.8) is 0 Å². The fourth-order valence-corrected chi connectivity index (χ4v) is 3.76. The van der Waals surface area contributed by atoms with E-state index in [-0.39, 0.29) is 41.4 Å². The number of hydrogen-bond donors (Lipinski definition) is 2. The van der Waals surface area contributed by atoms with Crippen molar-refractivity contribution in [1.82, 2.24) is 30.0 Å². The molecular weight excluding hydrogens is 508 g/mol. The molecule has 0 radical (unpaired) electrons. The predicted octanol–water partition coefficient (Wildman–Crippen LogP) is 4.09. The predicted molar refractivity (Wildman–Crippen MR) is 126 cm³/mol. The van der Waals surface area contributed by atoms with E-state index in [1.165, 1.54) is 36.5 Å². The van der Waals surface area contributed by atoms with Gasteiger partial charge in [-0.1, -0.05) is 24.3 Å². The number of carbonyl (C=O) groups is 2. The van der Waals surface area contributed by atoms with Gasteiger partial charge < -0.3 is 10.4 Å². The lowest BCUT2D eigenvalue weighted by molar-refractivity contribution is -0.138. The van der Waals surface area contributed by atoms with Crippen LogP contribution in [0.1, 0.15) is 34.7 Å². The van der Waals surface area contributed by atoms with Crippen LogP contribution in [0.3, 0.4) is 0 Å². The third-order valence-corrected chi connectivity index (χ3v) is 5.46. The van der Waals surface area contributed by atoms with Gasteiger partial charge in [-0.15, -0.1) is 0 Å². The second kappa shape index (κ2) is 11.2. The largest absolute Gasteiger partial charge is 0.481 e. The lowest BCUT2D eigenvalue weighted by atomic mass is 10.0. The minimum absolute atomic E-state index is 0.0312. The number of nitrogens with zero attached hydrogens (tertiary/aromatic N) is 5. The molecule has 0 aliphatic carbocycles. The van der Waals surface area contributed by atoms with Gasteiger partial charge in [0.25, 0.3) is 5.91 Å². The van der Waals surface area contributed by atoms with Gasteiger partial charge in [0.15, 0.2) is 17.3 Å². The molecule has 9 nitrogen and oxygen atoms in total. The van der Waals surface area contributed by atoms with Gasteiger partial charge in [0, 0.05) is 24.2 Å². The summed E-state index contributed by atoms with van der Waals surface area (Å²) in [6.45, 7) is 0. The molecule has 4 aromatic rings. The highest BCUT2D eigenvalue weighted by atomic mass is 19.4. The molecule has 2 N–H and O–H groups in total. The summed E-state index contributed by atoms with van der Waals surface area (Å²) in [6, 6.07) is 9.92. The Morgan fingerprint density at radius 2 is 1.74 bits per heavy atom. The molecule has 1 atom stereocenters. The standard InChI is InChI=1S/C25H20F4N6O3/c26-15-13-31-21(32-14-15)9-8-16(11-23(36)37)33-24(38)19-12-20(35(34-19)22-7-3-4-10-30-22)17-5-1-2-6-18(17)25(27,28)29/h1-7,10,12-14,16H,8-9,11H2,(H,33,38)(H,36,37)/t16-/m0/s1. The molecule has 3 aromatic heterocycles. The van der Waals surface area contributed by atoms with Gasteiger partial charge in [-0.25, -0.2) is 24.0 Å². The van der Waals surface area contributed by atoms with E-state index in [1.54, 1.807) is 12.1 Å². The molecule has 0 bridgehead atoms. The molecule has 0 spiro atoms. The van der Waals surface area contributed by atoms with Gasteiger partial charge in [0.2, 0.25) is 0 Å². The molecule has 196 valence electrons. The number of rotatable bonds is 9. The summed E-state index contributed by atoms with van der Waals surface area (Å²) in [5.74, 6) is -2.18. The first-order valence-electron chi connectivity index (χ1n) is 11.3. The van der Waals surface area contributed by atoms with E-state index in [1.807, 2.05) is 0 Å². The first-order valence-corrected chi connectivity index (χ1v) is 11.3. The molecule has 0 aliphatic rings. The van der Waals surface area contributed by atoms with Crippen LogP contribution in [0.25, 0.3) is 17.1 Å². The molecule has 38 heavy (non-hydrogen) atoms. The van der Waals surface area contributed by atoms with Gasteiger partial charge >= 0.3 is 12.1 Å². The molecule has 3 heterocycles. The number of hydrogen-bond acceptors (Lipinski definition) is 6. The fourth-order valence-electron chi connectivity index (χ4n) is 3.76. The van der Waals surface area contributed by atoms with Gasteiger partial charge in [-0.2, -0.15) is 18.3 Å². The van der Waals surface area contributed by atoms with E-state index in [2.05, 4.69) is 25.4 Å². The van der Waals surface area contributed by atoms with Crippen LogP contribution in [-0.4, -0.2) is 47.8 Å². The van der Waals surface area contributed by atoms with Crippen molar-refractivity contribution >= 4 is 11.9 Å². The smallest absolute Gasteiger partial charge is 0.417 e. The summed E-state index contributed by atoms with van der Waals surface area (Å²) in [7, 11) is 0. The minimum Gasteiger partial charge on any atom is -0.481 e. The van der Waals surface area contributed by atoms with Crippen LogP contribution < -0.4 is 5.32 Å². The number of amides is 1. The van der Waals surface area contributed by atoms with Crippen LogP contribution in [0.5, 0.6) is 0 Å². The molecule has 4 rings (SSSR count). The van der Waals surface area contributed by atoms with Gasteiger partial charge in [-0.05, 0) is 30.7 Å². The first-order chi connectivity index (χ1) is 18.1. The van der Waals surface area contributed by atoms with E-state index >= 15 is 0 Å². The zero-order chi connectivity index (χ0) is 27.3. The Labute approximate surface area is 213 Å². The number of pyridine rings is 1. The van der Waals surface area contributed by atoms with Gasteiger partial charge in [0.05, 0.1) is 30.1 Å². The zero-order valence-corrected chi connectivity index (χ0v) is 19.6. The average Bonchev–Trinajstić information content (AvgIpc) is 3.34.